The number of rotatable bonds is 6. The first-order valence-electron chi connectivity index (χ1n) is 9.83. The van der Waals surface area contributed by atoms with E-state index in [0.717, 1.165) is 5.69 Å². The molecule has 3 rings (SSSR count). The van der Waals surface area contributed by atoms with Crippen LogP contribution in [-0.2, 0) is 4.79 Å². The summed E-state index contributed by atoms with van der Waals surface area (Å²) in [6, 6.07) is 10.4. The highest BCUT2D eigenvalue weighted by atomic mass is 35.5. The molecule has 8 heteroatoms. The smallest absolute Gasteiger partial charge is 0.255 e. The molecule has 0 aromatic heterocycles. The van der Waals surface area contributed by atoms with Crippen molar-refractivity contribution < 1.29 is 19.1 Å². The van der Waals surface area contributed by atoms with Gasteiger partial charge in [-0.15, -0.1) is 0 Å². The van der Waals surface area contributed by atoms with Gasteiger partial charge in [0, 0.05) is 38.2 Å². The van der Waals surface area contributed by atoms with Gasteiger partial charge in [0.2, 0.25) is 5.91 Å². The minimum Gasteiger partial charge on any atom is -0.493 e. The molecule has 1 aliphatic rings. The predicted molar refractivity (Wildman–Crippen MR) is 118 cm³/mol. The summed E-state index contributed by atoms with van der Waals surface area (Å²) in [6.07, 6.45) is 0.499. The van der Waals surface area contributed by atoms with Crippen LogP contribution in [0.5, 0.6) is 11.5 Å². The summed E-state index contributed by atoms with van der Waals surface area (Å²) in [4.78, 5) is 28.8. The van der Waals surface area contributed by atoms with E-state index in [1.54, 1.807) is 37.4 Å². The third-order valence-electron chi connectivity index (χ3n) is 5.13. The van der Waals surface area contributed by atoms with Gasteiger partial charge in [-0.2, -0.15) is 0 Å². The van der Waals surface area contributed by atoms with Crippen LogP contribution in [0.2, 0.25) is 5.02 Å². The van der Waals surface area contributed by atoms with Gasteiger partial charge in [-0.05, 0) is 30.3 Å². The second kappa shape index (κ2) is 9.71. The zero-order valence-electron chi connectivity index (χ0n) is 17.4. The molecule has 160 valence electrons. The third kappa shape index (κ3) is 4.62. The lowest BCUT2D eigenvalue weighted by molar-refractivity contribution is -0.131. The number of carbonyl (C=O) groups is 2. The van der Waals surface area contributed by atoms with Crippen LogP contribution in [0.25, 0.3) is 0 Å². The molecule has 2 aromatic carbocycles. The highest BCUT2D eigenvalue weighted by Crippen LogP contribution is 2.35. The fourth-order valence-electron chi connectivity index (χ4n) is 3.51. The molecule has 0 radical (unpaired) electrons. The number of carbonyl (C=O) groups excluding carboxylic acids is 2. The molecule has 2 amide bonds. The van der Waals surface area contributed by atoms with E-state index < -0.39 is 0 Å². The summed E-state index contributed by atoms with van der Waals surface area (Å²) in [5.74, 6) is 0.903. The van der Waals surface area contributed by atoms with E-state index in [4.69, 9.17) is 21.1 Å². The first-order chi connectivity index (χ1) is 14.5. The first kappa shape index (κ1) is 21.8. The van der Waals surface area contributed by atoms with Gasteiger partial charge in [0.15, 0.2) is 11.5 Å². The van der Waals surface area contributed by atoms with Crippen LogP contribution < -0.4 is 19.7 Å². The second-order valence-corrected chi connectivity index (χ2v) is 7.29. The fraction of sp³-hybridized carbons (Fsp3) is 0.364. The van der Waals surface area contributed by atoms with E-state index in [-0.39, 0.29) is 11.8 Å². The van der Waals surface area contributed by atoms with Crippen LogP contribution in [0.3, 0.4) is 0 Å². The average molecular weight is 432 g/mol. The molecule has 0 aliphatic carbocycles. The molecule has 1 heterocycles. The number of hydrogen-bond acceptors (Lipinski definition) is 5. The summed E-state index contributed by atoms with van der Waals surface area (Å²) in [5.41, 5.74) is 1.83. The van der Waals surface area contributed by atoms with Gasteiger partial charge in [0.1, 0.15) is 0 Å². The molecule has 1 fully saturated rings. The largest absolute Gasteiger partial charge is 0.493 e. The molecule has 0 unspecified atom stereocenters. The third-order valence-corrected chi connectivity index (χ3v) is 5.44. The maximum atomic E-state index is 12.9. The highest BCUT2D eigenvalue weighted by molar-refractivity contribution is 6.34. The fourth-order valence-corrected chi connectivity index (χ4v) is 3.81. The Hall–Kier alpha value is -2.93. The molecule has 1 saturated heterocycles. The van der Waals surface area contributed by atoms with E-state index in [2.05, 4.69) is 10.2 Å². The Kier molecular flexibility index (Phi) is 7.05. The van der Waals surface area contributed by atoms with E-state index in [9.17, 15) is 9.59 Å². The average Bonchev–Trinajstić information content (AvgIpc) is 2.78. The molecule has 2 aromatic rings. The first-order valence-corrected chi connectivity index (χ1v) is 10.2. The summed E-state index contributed by atoms with van der Waals surface area (Å²) < 4.78 is 10.5. The van der Waals surface area contributed by atoms with Gasteiger partial charge < -0.3 is 24.6 Å². The number of amides is 2. The summed E-state index contributed by atoms with van der Waals surface area (Å²) in [5, 5.41) is 3.51. The number of methoxy groups -OCH3 is 2. The number of halogens is 1. The second-order valence-electron chi connectivity index (χ2n) is 6.88. The Morgan fingerprint density at radius 1 is 1.03 bits per heavy atom. The van der Waals surface area contributed by atoms with Gasteiger partial charge in [-0.25, -0.2) is 0 Å². The van der Waals surface area contributed by atoms with Crippen LogP contribution in [0.4, 0.5) is 11.4 Å². The van der Waals surface area contributed by atoms with Crippen LogP contribution in [0, 0.1) is 0 Å². The number of nitrogens with zero attached hydrogens (tertiary/aromatic N) is 2. The monoisotopic (exact) mass is 431 g/mol. The van der Waals surface area contributed by atoms with Crippen molar-refractivity contribution in [3.63, 3.8) is 0 Å². The van der Waals surface area contributed by atoms with Crippen molar-refractivity contribution >= 4 is 34.8 Å². The van der Waals surface area contributed by atoms with Gasteiger partial charge in [-0.1, -0.05) is 24.6 Å². The minimum absolute atomic E-state index is 0.149. The Morgan fingerprint density at radius 2 is 1.73 bits per heavy atom. The number of piperazine rings is 1. The molecule has 30 heavy (non-hydrogen) atoms. The Labute approximate surface area is 181 Å². The lowest BCUT2D eigenvalue weighted by atomic mass is 10.1. The number of hydrogen-bond donors (Lipinski definition) is 1. The van der Waals surface area contributed by atoms with Crippen molar-refractivity contribution in [1.29, 1.82) is 0 Å². The van der Waals surface area contributed by atoms with Crippen molar-refractivity contribution in [1.82, 2.24) is 4.90 Å². The number of ether oxygens (including phenoxy) is 2. The molecule has 0 atom stereocenters. The molecular weight excluding hydrogens is 406 g/mol. The van der Waals surface area contributed by atoms with Crippen LogP contribution in [-0.4, -0.2) is 57.1 Å². The Balaban J connectivity index is 1.80. The predicted octanol–water partition coefficient (Wildman–Crippen LogP) is 3.67. The minimum atomic E-state index is -0.278. The topological polar surface area (TPSA) is 71.1 Å². The van der Waals surface area contributed by atoms with Gasteiger partial charge in [0.25, 0.3) is 5.91 Å². The van der Waals surface area contributed by atoms with E-state index in [0.29, 0.717) is 60.4 Å². The summed E-state index contributed by atoms with van der Waals surface area (Å²) in [6.45, 7) is 4.41. The number of anilines is 2. The Bertz CT molecular complexity index is 927. The molecular formula is C22H26ClN3O4. The number of para-hydroxylation sites is 1. The van der Waals surface area contributed by atoms with Crippen molar-refractivity contribution in [3.8, 4) is 11.5 Å². The number of benzene rings is 2. The van der Waals surface area contributed by atoms with Crippen LogP contribution in [0.1, 0.15) is 23.7 Å². The number of nitrogens with one attached hydrogen (secondary N) is 1. The van der Waals surface area contributed by atoms with Crippen LogP contribution >= 0.6 is 11.6 Å². The zero-order chi connectivity index (χ0) is 21.7. The summed E-state index contributed by atoms with van der Waals surface area (Å²) >= 11 is 6.50. The van der Waals surface area contributed by atoms with Crippen molar-refractivity contribution in [2.75, 3.05) is 50.6 Å². The van der Waals surface area contributed by atoms with E-state index >= 15 is 0 Å². The van der Waals surface area contributed by atoms with Crippen molar-refractivity contribution in [3.05, 3.63) is 47.0 Å². The molecule has 0 saturated carbocycles. The van der Waals surface area contributed by atoms with Gasteiger partial charge in [-0.3, -0.25) is 9.59 Å². The lowest BCUT2D eigenvalue weighted by Gasteiger charge is -2.37. The van der Waals surface area contributed by atoms with Gasteiger partial charge in [0.05, 0.1) is 30.6 Å². The zero-order valence-corrected chi connectivity index (χ0v) is 18.2. The molecule has 1 aliphatic heterocycles. The molecule has 7 nitrogen and oxygen atoms in total. The standard InChI is InChI=1S/C22H26ClN3O4/c1-4-20(27)25-10-12-26(13-11-25)21-16(23)6-5-7-17(21)24-22(28)15-8-9-18(29-2)19(14-15)30-3/h5-9,14H,4,10-13H2,1-3H3,(H,24,28). The van der Waals surface area contributed by atoms with Crippen LogP contribution in [0.15, 0.2) is 36.4 Å². The van der Waals surface area contributed by atoms with Crippen molar-refractivity contribution in [2.24, 2.45) is 0 Å². The lowest BCUT2D eigenvalue weighted by Crippen LogP contribution is -2.48. The summed E-state index contributed by atoms with van der Waals surface area (Å²) in [7, 11) is 3.07. The highest BCUT2D eigenvalue weighted by Gasteiger charge is 2.24. The quantitative estimate of drug-likeness (QED) is 0.755. The SMILES string of the molecule is CCC(=O)N1CCN(c2c(Cl)cccc2NC(=O)c2ccc(OC)c(OC)c2)CC1. The maximum absolute atomic E-state index is 12.9. The Morgan fingerprint density at radius 3 is 2.37 bits per heavy atom. The molecule has 1 N–H and O–H groups in total. The van der Waals surface area contributed by atoms with Gasteiger partial charge >= 0.3 is 0 Å². The molecule has 0 spiro atoms. The maximum Gasteiger partial charge on any atom is 0.255 e. The normalized spacial score (nSPS) is 13.7. The van der Waals surface area contributed by atoms with E-state index in [1.807, 2.05) is 17.9 Å². The van der Waals surface area contributed by atoms with E-state index in [1.165, 1.54) is 7.11 Å². The van der Waals surface area contributed by atoms with Crippen molar-refractivity contribution in [2.45, 2.75) is 13.3 Å². The molecule has 0 bridgehead atoms.